The molecule has 0 aliphatic rings. The van der Waals surface area contributed by atoms with E-state index in [1.54, 1.807) is 22.5 Å². The Bertz CT molecular complexity index is 59.4. The molecule has 3 radical (unpaired) electrons. The summed E-state index contributed by atoms with van der Waals surface area (Å²) >= 11 is 1.67. The molecule has 0 aliphatic carbocycles. The van der Waals surface area contributed by atoms with Gasteiger partial charge >= 0.3 is 65.3 Å². The summed E-state index contributed by atoms with van der Waals surface area (Å²) in [6.07, 6.45) is 5.94. The Labute approximate surface area is 65.4 Å². The van der Waals surface area contributed by atoms with Gasteiger partial charge in [-0.2, -0.15) is 0 Å². The first-order valence-electron chi connectivity index (χ1n) is 3.13. The molecule has 0 aromatic carbocycles. The van der Waals surface area contributed by atoms with E-state index in [2.05, 4.69) is 13.5 Å². The number of hydrogen-bond donors (Lipinski definition) is 0. The monoisotopic (exact) mass is 217 g/mol. The Hall–Kier alpha value is 0.539. The van der Waals surface area contributed by atoms with Crippen molar-refractivity contribution in [3.8, 4) is 0 Å². The van der Waals surface area contributed by atoms with E-state index in [0.717, 1.165) is 3.93 Å². The minimum atomic E-state index is 0.935. The van der Waals surface area contributed by atoms with Crippen LogP contribution >= 0.6 is 0 Å². The summed E-state index contributed by atoms with van der Waals surface area (Å²) in [6.45, 7) is 5.93. The standard InChI is InChI=1S/C7H13.Sn/c1-3-5-7-6-4-2;/h3,7H,1,4-6H2,2H3;. The van der Waals surface area contributed by atoms with Crippen molar-refractivity contribution in [1.82, 2.24) is 0 Å². The quantitative estimate of drug-likeness (QED) is 0.499. The number of allylic oxidation sites excluding steroid dienone is 1. The van der Waals surface area contributed by atoms with Gasteiger partial charge in [-0.1, -0.05) is 0 Å². The molecule has 8 heavy (non-hydrogen) atoms. The third-order valence-corrected chi connectivity index (χ3v) is 2.58. The average molecular weight is 216 g/mol. The van der Waals surface area contributed by atoms with E-state index in [4.69, 9.17) is 0 Å². The van der Waals surface area contributed by atoms with Gasteiger partial charge in [0.15, 0.2) is 0 Å². The van der Waals surface area contributed by atoms with Crippen LogP contribution in [0.3, 0.4) is 0 Å². The summed E-state index contributed by atoms with van der Waals surface area (Å²) in [6, 6.07) is 0. The maximum absolute atomic E-state index is 3.70. The van der Waals surface area contributed by atoms with E-state index in [1.165, 1.54) is 19.3 Å². The van der Waals surface area contributed by atoms with E-state index in [-0.39, 0.29) is 0 Å². The van der Waals surface area contributed by atoms with Crippen LogP contribution in [0.25, 0.3) is 0 Å². The van der Waals surface area contributed by atoms with Crippen LogP contribution in [0, 0.1) is 0 Å². The van der Waals surface area contributed by atoms with Crippen molar-refractivity contribution in [3.05, 3.63) is 12.7 Å². The van der Waals surface area contributed by atoms with E-state index in [9.17, 15) is 0 Å². The number of hydrogen-bond acceptors (Lipinski definition) is 0. The van der Waals surface area contributed by atoms with Gasteiger partial charge in [-0.25, -0.2) is 0 Å². The molecular weight excluding hydrogens is 203 g/mol. The zero-order chi connectivity index (χ0) is 6.41. The second-order valence-electron chi connectivity index (χ2n) is 2.01. The van der Waals surface area contributed by atoms with Gasteiger partial charge in [0.2, 0.25) is 0 Å². The molecule has 0 aromatic rings. The van der Waals surface area contributed by atoms with E-state index < -0.39 is 0 Å². The van der Waals surface area contributed by atoms with Gasteiger partial charge < -0.3 is 0 Å². The van der Waals surface area contributed by atoms with Gasteiger partial charge in [-0.3, -0.25) is 0 Å². The molecule has 0 N–H and O–H groups in total. The van der Waals surface area contributed by atoms with Gasteiger partial charge in [-0.05, 0) is 0 Å². The average Bonchev–Trinajstić information content (AvgIpc) is 1.68. The summed E-state index contributed by atoms with van der Waals surface area (Å²) in [5.41, 5.74) is 0. The molecule has 0 saturated carbocycles. The zero-order valence-corrected chi connectivity index (χ0v) is 8.34. The van der Waals surface area contributed by atoms with Crippen molar-refractivity contribution in [2.75, 3.05) is 0 Å². The first-order chi connectivity index (χ1) is 3.81. The third kappa shape index (κ3) is 4.69. The molecule has 0 spiro atoms. The van der Waals surface area contributed by atoms with Gasteiger partial charge in [-0.15, -0.1) is 0 Å². The molecule has 0 bridgehead atoms. The molecule has 0 amide bonds. The summed E-state index contributed by atoms with van der Waals surface area (Å²) < 4.78 is 0.935. The second kappa shape index (κ2) is 5.67. The SMILES string of the molecule is C=CC[CH]([Sn])CCC. The Morgan fingerprint density at radius 3 is 2.75 bits per heavy atom. The molecule has 1 heteroatoms. The van der Waals surface area contributed by atoms with Gasteiger partial charge in [0.1, 0.15) is 0 Å². The summed E-state index contributed by atoms with van der Waals surface area (Å²) in [5.74, 6) is 0. The third-order valence-electron chi connectivity index (χ3n) is 1.09. The van der Waals surface area contributed by atoms with Crippen molar-refractivity contribution >= 4 is 22.5 Å². The molecule has 0 nitrogen and oxygen atoms in total. The summed E-state index contributed by atoms with van der Waals surface area (Å²) in [5, 5.41) is 0. The molecule has 0 fully saturated rings. The predicted octanol–water partition coefficient (Wildman–Crippen LogP) is 2.32. The van der Waals surface area contributed by atoms with Gasteiger partial charge in [0.05, 0.1) is 0 Å². The molecule has 0 aliphatic heterocycles. The Kier molecular flexibility index (Phi) is 6.05. The Morgan fingerprint density at radius 1 is 1.75 bits per heavy atom. The molecule has 0 aromatic heterocycles. The van der Waals surface area contributed by atoms with Crippen LogP contribution in [-0.4, -0.2) is 22.5 Å². The van der Waals surface area contributed by atoms with Gasteiger partial charge in [0, 0.05) is 0 Å². The van der Waals surface area contributed by atoms with E-state index in [1.807, 2.05) is 6.08 Å². The fraction of sp³-hybridized carbons (Fsp3) is 0.714. The van der Waals surface area contributed by atoms with E-state index in [0.29, 0.717) is 0 Å². The Balaban J connectivity index is 3.03. The van der Waals surface area contributed by atoms with Crippen LogP contribution < -0.4 is 0 Å². The molecule has 45 valence electrons. The van der Waals surface area contributed by atoms with Crippen LogP contribution in [0.1, 0.15) is 26.2 Å². The maximum atomic E-state index is 3.70. The fourth-order valence-electron chi connectivity index (χ4n) is 0.667. The van der Waals surface area contributed by atoms with Crippen molar-refractivity contribution in [2.45, 2.75) is 30.1 Å². The van der Waals surface area contributed by atoms with Gasteiger partial charge in [0.25, 0.3) is 0 Å². The van der Waals surface area contributed by atoms with Crippen LogP contribution in [0.5, 0.6) is 0 Å². The van der Waals surface area contributed by atoms with E-state index >= 15 is 0 Å². The first kappa shape index (κ1) is 8.54. The molecule has 1 unspecified atom stereocenters. The second-order valence-corrected chi connectivity index (χ2v) is 4.34. The van der Waals surface area contributed by atoms with Crippen LogP contribution in [0.2, 0.25) is 3.93 Å². The first-order valence-corrected chi connectivity index (χ1v) is 4.78. The number of rotatable bonds is 4. The van der Waals surface area contributed by atoms with Crippen molar-refractivity contribution in [2.24, 2.45) is 0 Å². The molecular formula is C7H13Sn. The zero-order valence-electron chi connectivity index (χ0n) is 5.48. The molecule has 0 saturated heterocycles. The van der Waals surface area contributed by atoms with Crippen LogP contribution in [0.4, 0.5) is 0 Å². The van der Waals surface area contributed by atoms with Crippen molar-refractivity contribution in [1.29, 1.82) is 0 Å². The Morgan fingerprint density at radius 2 is 2.38 bits per heavy atom. The summed E-state index contributed by atoms with van der Waals surface area (Å²) in [7, 11) is 0. The minimum absolute atomic E-state index is 0.935. The summed E-state index contributed by atoms with van der Waals surface area (Å²) in [4.78, 5) is 0. The van der Waals surface area contributed by atoms with Crippen molar-refractivity contribution < 1.29 is 0 Å². The topological polar surface area (TPSA) is 0 Å². The molecule has 0 heterocycles. The fourth-order valence-corrected chi connectivity index (χ4v) is 1.97. The van der Waals surface area contributed by atoms with Crippen LogP contribution in [-0.2, 0) is 0 Å². The van der Waals surface area contributed by atoms with Crippen molar-refractivity contribution in [3.63, 3.8) is 0 Å². The normalized spacial score (nSPS) is 13.2. The predicted molar refractivity (Wildman–Crippen MR) is 39.2 cm³/mol. The van der Waals surface area contributed by atoms with Crippen LogP contribution in [0.15, 0.2) is 12.7 Å². The molecule has 0 rings (SSSR count). The molecule has 1 atom stereocenters.